The highest BCUT2D eigenvalue weighted by molar-refractivity contribution is 8.00. The Kier molecular flexibility index (Phi) is 7.57. The van der Waals surface area contributed by atoms with Crippen LogP contribution in [-0.2, 0) is 32.3 Å². The van der Waals surface area contributed by atoms with E-state index in [-0.39, 0.29) is 30.5 Å². The van der Waals surface area contributed by atoms with Gasteiger partial charge in [-0.1, -0.05) is 30.3 Å². The number of benzene rings is 2. The molecule has 0 saturated carbocycles. The van der Waals surface area contributed by atoms with Crippen molar-refractivity contribution in [1.29, 1.82) is 0 Å². The van der Waals surface area contributed by atoms with Crippen molar-refractivity contribution in [3.63, 3.8) is 0 Å². The van der Waals surface area contributed by atoms with Crippen molar-refractivity contribution in [2.24, 2.45) is 0 Å². The highest BCUT2D eigenvalue weighted by atomic mass is 35.5. The minimum absolute atomic E-state index is 0.0508. The predicted molar refractivity (Wildman–Crippen MR) is 127 cm³/mol. The quantitative estimate of drug-likeness (QED) is 0.186. The number of amides is 2. The number of β-lactam (4-membered cyclic amide) rings is 1. The van der Waals surface area contributed by atoms with Gasteiger partial charge < -0.3 is 14.8 Å². The Morgan fingerprint density at radius 1 is 1.09 bits per heavy atom. The lowest BCUT2D eigenvalue weighted by atomic mass is 10.0. The molecule has 2 heterocycles. The molecule has 2 aromatic carbocycles. The lowest BCUT2D eigenvalue weighted by Gasteiger charge is -2.49. The summed E-state index contributed by atoms with van der Waals surface area (Å²) in [6.45, 7) is -0.0746. The van der Waals surface area contributed by atoms with E-state index in [1.807, 2.05) is 30.3 Å². The molecule has 2 amide bonds. The summed E-state index contributed by atoms with van der Waals surface area (Å²) in [6.07, 6.45) is -0.817. The number of hydrogen-bond acceptors (Lipinski definition) is 8. The van der Waals surface area contributed by atoms with Crippen molar-refractivity contribution in [1.82, 2.24) is 10.2 Å². The Morgan fingerprint density at radius 2 is 1.74 bits per heavy atom. The first-order valence-electron chi connectivity index (χ1n) is 10.5. The summed E-state index contributed by atoms with van der Waals surface area (Å²) in [7, 11) is 0. The number of alkyl halides is 1. The van der Waals surface area contributed by atoms with Gasteiger partial charge in [0.15, 0.2) is 0 Å². The largest absolute Gasteiger partial charge is 0.456 e. The second-order valence-corrected chi connectivity index (χ2v) is 9.05. The predicted octanol–water partition coefficient (Wildman–Crippen LogP) is 3.34. The number of esters is 1. The molecule has 0 aromatic heterocycles. The number of carbonyl (C=O) groups is 3. The molecule has 35 heavy (non-hydrogen) atoms. The summed E-state index contributed by atoms with van der Waals surface area (Å²) in [6, 6.07) is 13.8. The van der Waals surface area contributed by atoms with Gasteiger partial charge in [0.05, 0.1) is 4.92 Å². The fourth-order valence-electron chi connectivity index (χ4n) is 3.60. The standard InChI is InChI=1S/C23H20ClN3O7S/c24-10-16-13-35-21-18(25-23(30)34-12-15-6-8-17(9-7-15)27(31)32)20(28)26(21)19(16)22(29)33-11-14-4-2-1-3-5-14/h1-9,18,21H,10-13H2,(H,25,30)/t18?,21-/m1/s1. The summed E-state index contributed by atoms with van der Waals surface area (Å²) in [4.78, 5) is 49.5. The molecule has 1 fully saturated rings. The van der Waals surface area contributed by atoms with Crippen LogP contribution in [0.3, 0.4) is 0 Å². The second-order valence-electron chi connectivity index (χ2n) is 7.68. The summed E-state index contributed by atoms with van der Waals surface area (Å²) >= 11 is 7.40. The number of nitrogens with one attached hydrogen (secondary N) is 1. The number of fused-ring (bicyclic) bond motifs is 1. The summed E-state index contributed by atoms with van der Waals surface area (Å²) in [5, 5.41) is 12.8. The third kappa shape index (κ3) is 5.41. The van der Waals surface area contributed by atoms with E-state index in [1.54, 1.807) is 0 Å². The fourth-order valence-corrected chi connectivity index (χ4v) is 5.28. The maximum Gasteiger partial charge on any atom is 0.408 e. The number of nitro groups is 1. The van der Waals surface area contributed by atoms with E-state index in [0.717, 1.165) is 5.56 Å². The van der Waals surface area contributed by atoms with Crippen molar-refractivity contribution in [2.75, 3.05) is 11.6 Å². The number of thioether (sulfide) groups is 1. The monoisotopic (exact) mass is 517 g/mol. The molecule has 182 valence electrons. The lowest BCUT2D eigenvalue weighted by molar-refractivity contribution is -0.384. The first-order chi connectivity index (χ1) is 16.9. The highest BCUT2D eigenvalue weighted by Gasteiger charge is 2.54. The molecule has 2 aliphatic rings. The lowest BCUT2D eigenvalue weighted by Crippen LogP contribution is -2.70. The molecule has 2 atom stereocenters. The Hall–Kier alpha value is -3.57. The molecule has 0 spiro atoms. The van der Waals surface area contributed by atoms with E-state index in [9.17, 15) is 24.5 Å². The van der Waals surface area contributed by atoms with Crippen molar-refractivity contribution in [3.05, 3.63) is 87.1 Å². The van der Waals surface area contributed by atoms with Gasteiger partial charge in [-0.3, -0.25) is 19.8 Å². The van der Waals surface area contributed by atoms with Gasteiger partial charge in [0.1, 0.15) is 30.3 Å². The molecule has 0 radical (unpaired) electrons. The SMILES string of the molecule is O=C(NC1C(=O)N2C(C(=O)OCc3ccccc3)=C(CCl)CS[C@H]12)OCc1ccc([N+](=O)[O-])cc1. The van der Waals surface area contributed by atoms with Crippen LogP contribution in [0.25, 0.3) is 0 Å². The molecule has 10 nitrogen and oxygen atoms in total. The number of hydrogen-bond donors (Lipinski definition) is 1. The number of non-ortho nitro benzene ring substituents is 1. The molecule has 12 heteroatoms. The Balaban J connectivity index is 1.35. The van der Waals surface area contributed by atoms with Gasteiger partial charge in [-0.25, -0.2) is 9.59 Å². The number of rotatable bonds is 8. The zero-order valence-corrected chi connectivity index (χ0v) is 19.8. The number of halogens is 1. The molecule has 0 bridgehead atoms. The number of carbonyl (C=O) groups excluding carboxylic acids is 3. The van der Waals surface area contributed by atoms with Crippen LogP contribution in [0.5, 0.6) is 0 Å². The molecule has 1 unspecified atom stereocenters. The zero-order valence-electron chi connectivity index (χ0n) is 18.2. The fraction of sp³-hybridized carbons (Fsp3) is 0.261. The number of ether oxygens (including phenoxy) is 2. The second kappa shape index (κ2) is 10.8. The Labute approximate surface area is 209 Å². The third-order valence-electron chi connectivity index (χ3n) is 5.41. The maximum absolute atomic E-state index is 12.9. The molecule has 0 aliphatic carbocycles. The smallest absolute Gasteiger partial charge is 0.408 e. The van der Waals surface area contributed by atoms with E-state index in [4.69, 9.17) is 21.1 Å². The van der Waals surface area contributed by atoms with Gasteiger partial charge in [0.2, 0.25) is 0 Å². The van der Waals surface area contributed by atoms with Crippen LogP contribution in [0.2, 0.25) is 0 Å². The number of nitro benzene ring substituents is 1. The van der Waals surface area contributed by atoms with E-state index < -0.39 is 34.3 Å². The summed E-state index contributed by atoms with van der Waals surface area (Å²) in [5.41, 5.74) is 1.98. The van der Waals surface area contributed by atoms with E-state index in [1.165, 1.54) is 40.9 Å². The van der Waals surface area contributed by atoms with Crippen LogP contribution in [-0.4, -0.2) is 50.8 Å². The van der Waals surface area contributed by atoms with Gasteiger partial charge in [-0.2, -0.15) is 0 Å². The minimum atomic E-state index is -0.877. The van der Waals surface area contributed by atoms with Crippen molar-refractivity contribution in [3.8, 4) is 0 Å². The van der Waals surface area contributed by atoms with Gasteiger partial charge in [0.25, 0.3) is 11.6 Å². The van der Waals surface area contributed by atoms with Crippen LogP contribution < -0.4 is 5.32 Å². The van der Waals surface area contributed by atoms with Crippen LogP contribution >= 0.6 is 23.4 Å². The van der Waals surface area contributed by atoms with Crippen molar-refractivity contribution < 1.29 is 28.8 Å². The van der Waals surface area contributed by atoms with E-state index in [2.05, 4.69) is 5.32 Å². The average molecular weight is 518 g/mol. The van der Waals surface area contributed by atoms with Crippen LogP contribution in [0.15, 0.2) is 65.9 Å². The van der Waals surface area contributed by atoms with Crippen LogP contribution in [0.4, 0.5) is 10.5 Å². The Bertz CT molecular complexity index is 1170. The van der Waals surface area contributed by atoms with Crippen molar-refractivity contribution >= 4 is 47.0 Å². The molecule has 1 saturated heterocycles. The highest BCUT2D eigenvalue weighted by Crippen LogP contribution is 2.41. The van der Waals surface area contributed by atoms with Crippen molar-refractivity contribution in [2.45, 2.75) is 24.6 Å². The zero-order chi connectivity index (χ0) is 24.9. The van der Waals surface area contributed by atoms with Gasteiger partial charge in [0, 0.05) is 23.8 Å². The average Bonchev–Trinajstić information content (AvgIpc) is 2.88. The van der Waals surface area contributed by atoms with E-state index in [0.29, 0.717) is 16.9 Å². The maximum atomic E-state index is 12.9. The van der Waals surface area contributed by atoms with Gasteiger partial charge in [-0.15, -0.1) is 23.4 Å². The minimum Gasteiger partial charge on any atom is -0.456 e. The topological polar surface area (TPSA) is 128 Å². The molecule has 1 N–H and O–H groups in total. The van der Waals surface area contributed by atoms with Crippen LogP contribution in [0, 0.1) is 10.1 Å². The van der Waals surface area contributed by atoms with E-state index >= 15 is 0 Å². The molecule has 2 aliphatic heterocycles. The molecular formula is C23H20ClN3O7S. The summed E-state index contributed by atoms with van der Waals surface area (Å²) < 4.78 is 10.6. The van der Waals surface area contributed by atoms with Gasteiger partial charge >= 0.3 is 12.1 Å². The van der Waals surface area contributed by atoms with Gasteiger partial charge in [-0.05, 0) is 28.8 Å². The Morgan fingerprint density at radius 3 is 2.40 bits per heavy atom. The summed E-state index contributed by atoms with van der Waals surface area (Å²) in [5.74, 6) is -0.649. The number of nitrogens with zero attached hydrogens (tertiary/aromatic N) is 2. The van der Waals surface area contributed by atoms with Crippen LogP contribution in [0.1, 0.15) is 11.1 Å². The first-order valence-corrected chi connectivity index (χ1v) is 12.1. The number of alkyl carbamates (subject to hydrolysis) is 1. The third-order valence-corrected chi connectivity index (χ3v) is 7.07. The normalized spacial score (nSPS) is 18.9. The molecule has 4 rings (SSSR count). The molecule has 2 aromatic rings. The molecular weight excluding hydrogens is 498 g/mol. The first kappa shape index (κ1) is 24.6.